The number of amides is 1. The van der Waals surface area contributed by atoms with Crippen LogP contribution in [0.5, 0.6) is 0 Å². The second-order valence-electron chi connectivity index (χ2n) is 7.40. The second kappa shape index (κ2) is 9.15. The molecule has 1 amide bonds. The van der Waals surface area contributed by atoms with E-state index in [2.05, 4.69) is 12.2 Å². The minimum atomic E-state index is -0.635. The summed E-state index contributed by atoms with van der Waals surface area (Å²) in [6.45, 7) is 3.26. The molecule has 0 spiro atoms. The van der Waals surface area contributed by atoms with Crippen LogP contribution in [-0.4, -0.2) is 30.3 Å². The summed E-state index contributed by atoms with van der Waals surface area (Å²) in [5.74, 6) is -0.461. The minimum Gasteiger partial charge on any atom is -0.451 e. The molecular formula is C22H25NO4S. The fraction of sp³-hybridized carbons (Fsp3) is 0.409. The van der Waals surface area contributed by atoms with E-state index in [1.165, 1.54) is 28.7 Å². The van der Waals surface area contributed by atoms with Crippen LogP contribution in [0.3, 0.4) is 0 Å². The van der Waals surface area contributed by atoms with Gasteiger partial charge in [0.2, 0.25) is 0 Å². The van der Waals surface area contributed by atoms with Gasteiger partial charge < -0.3 is 10.1 Å². The third kappa shape index (κ3) is 5.29. The molecule has 148 valence electrons. The van der Waals surface area contributed by atoms with Gasteiger partial charge >= 0.3 is 5.97 Å². The number of hydrogen-bond acceptors (Lipinski definition) is 5. The lowest BCUT2D eigenvalue weighted by atomic mass is 9.90. The van der Waals surface area contributed by atoms with Crippen LogP contribution in [0.15, 0.2) is 36.4 Å². The zero-order valence-electron chi connectivity index (χ0n) is 16.2. The molecule has 1 aromatic carbocycles. The van der Waals surface area contributed by atoms with Gasteiger partial charge in [0.05, 0.1) is 6.04 Å². The molecule has 1 aliphatic carbocycles. The summed E-state index contributed by atoms with van der Waals surface area (Å²) in [6.07, 6.45) is 3.53. The summed E-state index contributed by atoms with van der Waals surface area (Å²) in [7, 11) is 0. The molecule has 2 atom stereocenters. The van der Waals surface area contributed by atoms with Crippen molar-refractivity contribution in [2.75, 3.05) is 6.61 Å². The first-order valence-electron chi connectivity index (χ1n) is 9.55. The van der Waals surface area contributed by atoms with Crippen LogP contribution in [0, 0.1) is 5.92 Å². The number of Topliss-reactive ketones (excluding diaryl/α,β-unsaturated/α-hetero) is 1. The first kappa shape index (κ1) is 20.3. The molecule has 0 fully saturated rings. The van der Waals surface area contributed by atoms with Gasteiger partial charge in [-0.1, -0.05) is 37.3 Å². The largest absolute Gasteiger partial charge is 0.451 e. The van der Waals surface area contributed by atoms with Crippen LogP contribution in [0.25, 0.3) is 0 Å². The molecule has 0 radical (unpaired) electrons. The van der Waals surface area contributed by atoms with Gasteiger partial charge in [-0.15, -0.1) is 11.3 Å². The SMILES string of the molecule is CC(=O)[C@H](Cc1ccccc1)NC(=O)COC(=O)c1cc2c(s1)CC[C@@H](C)C2. The van der Waals surface area contributed by atoms with Gasteiger partial charge in [-0.25, -0.2) is 4.79 Å². The van der Waals surface area contributed by atoms with Gasteiger partial charge in [0.1, 0.15) is 4.88 Å². The summed E-state index contributed by atoms with van der Waals surface area (Å²) in [6, 6.07) is 10.7. The number of carbonyl (C=O) groups is 3. The Balaban J connectivity index is 1.52. The molecule has 0 aliphatic heterocycles. The molecule has 28 heavy (non-hydrogen) atoms. The molecular weight excluding hydrogens is 374 g/mol. The summed E-state index contributed by atoms with van der Waals surface area (Å²) in [4.78, 5) is 38.1. The van der Waals surface area contributed by atoms with Crippen LogP contribution in [-0.2, 0) is 33.6 Å². The summed E-state index contributed by atoms with van der Waals surface area (Å²) in [5.41, 5.74) is 2.18. The van der Waals surface area contributed by atoms with E-state index in [0.29, 0.717) is 17.2 Å². The highest BCUT2D eigenvalue weighted by Gasteiger charge is 2.23. The lowest BCUT2D eigenvalue weighted by molar-refractivity contribution is -0.128. The number of carbonyl (C=O) groups excluding carboxylic acids is 3. The molecule has 0 unspecified atom stereocenters. The van der Waals surface area contributed by atoms with Gasteiger partial charge in [-0.2, -0.15) is 0 Å². The summed E-state index contributed by atoms with van der Waals surface area (Å²) >= 11 is 1.46. The minimum absolute atomic E-state index is 0.136. The number of ether oxygens (including phenoxy) is 1. The first-order valence-corrected chi connectivity index (χ1v) is 10.4. The Morgan fingerprint density at radius 2 is 2.00 bits per heavy atom. The smallest absolute Gasteiger partial charge is 0.348 e. The van der Waals surface area contributed by atoms with E-state index in [0.717, 1.165) is 24.8 Å². The van der Waals surface area contributed by atoms with Crippen molar-refractivity contribution in [2.45, 2.75) is 45.6 Å². The zero-order valence-corrected chi connectivity index (χ0v) is 17.0. The number of nitrogens with one attached hydrogen (secondary N) is 1. The van der Waals surface area contributed by atoms with Crippen LogP contribution < -0.4 is 5.32 Å². The number of rotatable bonds is 7. The highest BCUT2D eigenvalue weighted by molar-refractivity contribution is 7.14. The molecule has 1 N–H and O–H groups in total. The van der Waals surface area contributed by atoms with Crippen LogP contribution in [0.1, 0.15) is 45.9 Å². The van der Waals surface area contributed by atoms with Crippen LogP contribution >= 0.6 is 11.3 Å². The fourth-order valence-electron chi connectivity index (χ4n) is 3.39. The maximum Gasteiger partial charge on any atom is 0.348 e. The van der Waals surface area contributed by atoms with Crippen molar-refractivity contribution in [1.82, 2.24) is 5.32 Å². The van der Waals surface area contributed by atoms with Gasteiger partial charge in [-0.3, -0.25) is 9.59 Å². The zero-order chi connectivity index (χ0) is 20.1. The van der Waals surface area contributed by atoms with Crippen molar-refractivity contribution in [1.29, 1.82) is 0 Å². The van der Waals surface area contributed by atoms with Crippen LogP contribution in [0.2, 0.25) is 0 Å². The van der Waals surface area contributed by atoms with Crippen molar-refractivity contribution in [3.8, 4) is 0 Å². The predicted molar refractivity (Wildman–Crippen MR) is 109 cm³/mol. The fourth-order valence-corrected chi connectivity index (χ4v) is 4.49. The average molecular weight is 400 g/mol. The summed E-state index contributed by atoms with van der Waals surface area (Å²) in [5, 5.41) is 2.66. The number of thiophene rings is 1. The standard InChI is InChI=1S/C22H25NO4S/c1-14-8-9-19-17(10-14)12-20(28-19)22(26)27-13-21(25)23-18(15(2)24)11-16-6-4-3-5-7-16/h3-7,12,14,18H,8-11,13H2,1-2H3,(H,23,25)/t14-,18+/m1/s1. The van der Waals surface area contributed by atoms with E-state index in [9.17, 15) is 14.4 Å². The lowest BCUT2D eigenvalue weighted by Crippen LogP contribution is -2.43. The average Bonchev–Trinajstić information content (AvgIpc) is 3.09. The number of hydrogen-bond donors (Lipinski definition) is 1. The topological polar surface area (TPSA) is 72.5 Å². The van der Waals surface area contributed by atoms with Gasteiger partial charge in [0.15, 0.2) is 12.4 Å². The van der Waals surface area contributed by atoms with E-state index in [4.69, 9.17) is 4.74 Å². The molecule has 3 rings (SSSR count). The Bertz CT molecular complexity index is 859. The van der Waals surface area contributed by atoms with Crippen molar-refractivity contribution >= 4 is 29.0 Å². The number of benzene rings is 1. The number of fused-ring (bicyclic) bond motifs is 1. The summed E-state index contributed by atoms with van der Waals surface area (Å²) < 4.78 is 5.17. The molecule has 1 heterocycles. The highest BCUT2D eigenvalue weighted by Crippen LogP contribution is 2.32. The predicted octanol–water partition coefficient (Wildman–Crippen LogP) is 3.35. The van der Waals surface area contributed by atoms with E-state index in [1.54, 1.807) is 0 Å². The molecule has 6 heteroatoms. The van der Waals surface area contributed by atoms with E-state index < -0.39 is 24.5 Å². The molecule has 1 aliphatic rings. The third-order valence-corrected chi connectivity index (χ3v) is 6.19. The molecule has 0 saturated carbocycles. The quantitative estimate of drug-likeness (QED) is 0.725. The van der Waals surface area contributed by atoms with Crippen molar-refractivity contribution in [2.24, 2.45) is 5.92 Å². The monoisotopic (exact) mass is 399 g/mol. The number of esters is 1. The molecule has 1 aromatic heterocycles. The third-order valence-electron chi connectivity index (χ3n) is 4.97. The number of ketones is 1. The Labute approximate surface area is 169 Å². The maximum absolute atomic E-state index is 12.3. The number of aryl methyl sites for hydroxylation is 1. The normalized spacial score (nSPS) is 16.7. The maximum atomic E-state index is 12.3. The molecule has 2 aromatic rings. The van der Waals surface area contributed by atoms with Crippen molar-refractivity contribution < 1.29 is 19.1 Å². The Morgan fingerprint density at radius 1 is 1.25 bits per heavy atom. The Hall–Kier alpha value is -2.47. The van der Waals surface area contributed by atoms with E-state index >= 15 is 0 Å². The van der Waals surface area contributed by atoms with E-state index in [-0.39, 0.29) is 5.78 Å². The van der Waals surface area contributed by atoms with Gasteiger partial charge in [-0.05, 0) is 55.7 Å². The second-order valence-corrected chi connectivity index (χ2v) is 8.54. The Morgan fingerprint density at radius 3 is 2.71 bits per heavy atom. The van der Waals surface area contributed by atoms with Gasteiger partial charge in [0.25, 0.3) is 5.91 Å². The lowest BCUT2D eigenvalue weighted by Gasteiger charge is -2.16. The van der Waals surface area contributed by atoms with Crippen LogP contribution in [0.4, 0.5) is 0 Å². The van der Waals surface area contributed by atoms with Crippen molar-refractivity contribution in [3.05, 3.63) is 57.3 Å². The van der Waals surface area contributed by atoms with E-state index in [1.807, 2.05) is 36.4 Å². The Kier molecular flexibility index (Phi) is 6.62. The molecule has 0 bridgehead atoms. The first-order chi connectivity index (χ1) is 13.4. The molecule has 0 saturated heterocycles. The van der Waals surface area contributed by atoms with Crippen molar-refractivity contribution in [3.63, 3.8) is 0 Å². The molecule has 5 nitrogen and oxygen atoms in total. The highest BCUT2D eigenvalue weighted by atomic mass is 32.1. The van der Waals surface area contributed by atoms with Gasteiger partial charge in [0, 0.05) is 4.88 Å².